The number of nitrogens with one attached hydrogen (secondary N) is 2. The lowest BCUT2D eigenvalue weighted by molar-refractivity contribution is 0.101. The molecule has 0 spiro atoms. The SMILES string of the molecule is COc1ccc(C(=O)Nc2cc(C(=O)Nc3cccc(C)n3)ccc2N2CC3CC(C2)c2cccc(=O)n2C3)cc1. The van der Waals surface area contributed by atoms with E-state index in [4.69, 9.17) is 4.74 Å². The first-order valence-electron chi connectivity index (χ1n) is 13.7. The van der Waals surface area contributed by atoms with Crippen molar-refractivity contribution in [2.75, 3.05) is 35.7 Å². The van der Waals surface area contributed by atoms with Gasteiger partial charge in [0.2, 0.25) is 0 Å². The van der Waals surface area contributed by atoms with E-state index in [0.29, 0.717) is 47.4 Å². The molecule has 4 heterocycles. The zero-order valence-corrected chi connectivity index (χ0v) is 23.0. The predicted molar refractivity (Wildman–Crippen MR) is 158 cm³/mol. The first-order chi connectivity index (χ1) is 19.9. The summed E-state index contributed by atoms with van der Waals surface area (Å²) < 4.78 is 7.12. The van der Waals surface area contributed by atoms with E-state index in [-0.39, 0.29) is 23.3 Å². The molecule has 0 aliphatic carbocycles. The minimum atomic E-state index is -0.321. The van der Waals surface area contributed by atoms with Gasteiger partial charge in [-0.05, 0) is 79.9 Å². The summed E-state index contributed by atoms with van der Waals surface area (Å²) in [6.07, 6.45) is 1.01. The van der Waals surface area contributed by atoms with Crippen LogP contribution in [0.1, 0.15) is 44.4 Å². The molecule has 1 fully saturated rings. The highest BCUT2D eigenvalue weighted by molar-refractivity contribution is 6.09. The van der Waals surface area contributed by atoms with Crippen molar-refractivity contribution in [3.8, 4) is 5.75 Å². The average Bonchev–Trinajstić information content (AvgIpc) is 2.97. The topological polar surface area (TPSA) is 106 Å². The molecule has 2 aliphatic rings. The van der Waals surface area contributed by atoms with E-state index in [1.54, 1.807) is 55.6 Å². The number of benzene rings is 2. The van der Waals surface area contributed by atoms with E-state index in [0.717, 1.165) is 30.0 Å². The molecule has 9 heteroatoms. The molecule has 4 aromatic rings. The van der Waals surface area contributed by atoms with Gasteiger partial charge in [-0.3, -0.25) is 14.4 Å². The average molecular weight is 550 g/mol. The van der Waals surface area contributed by atoms with E-state index in [9.17, 15) is 14.4 Å². The Balaban J connectivity index is 1.32. The minimum absolute atomic E-state index is 0.0385. The van der Waals surface area contributed by atoms with Crippen LogP contribution in [0.3, 0.4) is 0 Å². The van der Waals surface area contributed by atoms with Crippen molar-refractivity contribution in [2.45, 2.75) is 25.8 Å². The monoisotopic (exact) mass is 549 g/mol. The number of anilines is 3. The largest absolute Gasteiger partial charge is 0.497 e. The summed E-state index contributed by atoms with van der Waals surface area (Å²) in [6.45, 7) is 3.96. The third-order valence-electron chi connectivity index (χ3n) is 7.81. The van der Waals surface area contributed by atoms with E-state index >= 15 is 0 Å². The number of aryl methyl sites for hydroxylation is 1. The highest BCUT2D eigenvalue weighted by Crippen LogP contribution is 2.39. The number of carbonyl (C=O) groups is 2. The lowest BCUT2D eigenvalue weighted by Gasteiger charge is -2.44. The van der Waals surface area contributed by atoms with Gasteiger partial charge in [0, 0.05) is 54.1 Å². The fraction of sp³-hybridized carbons (Fsp3) is 0.250. The number of hydrogen-bond donors (Lipinski definition) is 2. The standard InChI is InChI=1S/C32H31N5O4/c1-20-5-3-7-29(33-20)35-32(40)23-11-14-28(26(16-23)34-31(39)22-9-12-25(41-2)13-10-22)36-17-21-15-24(19-36)27-6-4-8-30(38)37(27)18-21/h3-14,16,21,24H,15,17-19H2,1-2H3,(H,34,39)(H,33,35,40). The number of pyridine rings is 2. The zero-order valence-electron chi connectivity index (χ0n) is 23.0. The number of ether oxygens (including phenoxy) is 1. The van der Waals surface area contributed by atoms with Crippen molar-refractivity contribution in [1.82, 2.24) is 9.55 Å². The van der Waals surface area contributed by atoms with Crippen LogP contribution < -0.4 is 25.8 Å². The maximum atomic E-state index is 13.3. The summed E-state index contributed by atoms with van der Waals surface area (Å²) in [4.78, 5) is 45.7. The third kappa shape index (κ3) is 5.43. The Labute approximate surface area is 237 Å². The van der Waals surface area contributed by atoms with Gasteiger partial charge in [0.05, 0.1) is 18.5 Å². The molecular weight excluding hydrogens is 518 g/mol. The molecular formula is C32H31N5O4. The summed E-state index contributed by atoms with van der Waals surface area (Å²) >= 11 is 0. The van der Waals surface area contributed by atoms with E-state index in [2.05, 4.69) is 20.5 Å². The molecule has 2 bridgehead atoms. The van der Waals surface area contributed by atoms with E-state index in [1.165, 1.54) is 0 Å². The van der Waals surface area contributed by atoms with Crippen LogP contribution >= 0.6 is 0 Å². The number of amides is 2. The Kier molecular flexibility index (Phi) is 7.01. The third-order valence-corrected chi connectivity index (χ3v) is 7.81. The highest BCUT2D eigenvalue weighted by Gasteiger charge is 2.35. The second kappa shape index (κ2) is 10.9. The molecule has 2 aromatic carbocycles. The number of aromatic nitrogens is 2. The Bertz CT molecular complexity index is 1680. The number of carbonyl (C=O) groups excluding carboxylic acids is 2. The van der Waals surface area contributed by atoms with Crippen molar-refractivity contribution < 1.29 is 14.3 Å². The molecule has 2 amide bonds. The number of piperidine rings is 1. The van der Waals surface area contributed by atoms with Crippen molar-refractivity contribution in [2.24, 2.45) is 5.92 Å². The molecule has 41 heavy (non-hydrogen) atoms. The summed E-state index contributed by atoms with van der Waals surface area (Å²) in [5.41, 5.74) is 4.13. The van der Waals surface area contributed by atoms with Crippen LogP contribution in [0.15, 0.2) is 83.7 Å². The molecule has 9 nitrogen and oxygen atoms in total. The maximum Gasteiger partial charge on any atom is 0.256 e. The normalized spacial score (nSPS) is 17.4. The van der Waals surface area contributed by atoms with Gasteiger partial charge in [0.15, 0.2) is 0 Å². The summed E-state index contributed by atoms with van der Waals surface area (Å²) in [5.74, 6) is 0.990. The smallest absolute Gasteiger partial charge is 0.256 e. The van der Waals surface area contributed by atoms with Gasteiger partial charge in [0.25, 0.3) is 17.4 Å². The van der Waals surface area contributed by atoms with Gasteiger partial charge in [-0.2, -0.15) is 0 Å². The fourth-order valence-electron chi connectivity index (χ4n) is 5.88. The lowest BCUT2D eigenvalue weighted by Crippen LogP contribution is -2.47. The van der Waals surface area contributed by atoms with Crippen molar-refractivity contribution in [3.63, 3.8) is 0 Å². The Hall–Kier alpha value is -4.92. The number of fused-ring (bicyclic) bond motifs is 4. The van der Waals surface area contributed by atoms with Crippen molar-refractivity contribution in [3.05, 3.63) is 112 Å². The van der Waals surface area contributed by atoms with Gasteiger partial charge in [-0.15, -0.1) is 0 Å². The Morgan fingerprint density at radius 2 is 1.63 bits per heavy atom. The van der Waals surface area contributed by atoms with E-state index in [1.807, 2.05) is 41.8 Å². The second-order valence-corrected chi connectivity index (χ2v) is 10.6. The molecule has 0 saturated carbocycles. The molecule has 2 atom stereocenters. The predicted octanol–water partition coefficient (Wildman–Crippen LogP) is 4.69. The Morgan fingerprint density at radius 1 is 0.878 bits per heavy atom. The van der Waals surface area contributed by atoms with Gasteiger partial charge in [-0.25, -0.2) is 4.98 Å². The van der Waals surface area contributed by atoms with Crippen molar-refractivity contribution >= 4 is 29.0 Å². The van der Waals surface area contributed by atoms with Crippen LogP contribution in [0.25, 0.3) is 0 Å². The van der Waals surface area contributed by atoms with Crippen LogP contribution in [0, 0.1) is 12.8 Å². The first kappa shape index (κ1) is 26.3. The number of rotatable bonds is 6. The number of nitrogens with zero attached hydrogens (tertiary/aromatic N) is 3. The minimum Gasteiger partial charge on any atom is -0.497 e. The van der Waals surface area contributed by atoms with Gasteiger partial charge in [-0.1, -0.05) is 12.1 Å². The van der Waals surface area contributed by atoms with Crippen molar-refractivity contribution in [1.29, 1.82) is 0 Å². The zero-order chi connectivity index (χ0) is 28.5. The first-order valence-corrected chi connectivity index (χ1v) is 13.7. The summed E-state index contributed by atoms with van der Waals surface area (Å²) in [7, 11) is 1.58. The second-order valence-electron chi connectivity index (χ2n) is 10.6. The molecule has 208 valence electrons. The Morgan fingerprint density at radius 3 is 2.41 bits per heavy atom. The molecule has 6 rings (SSSR count). The van der Waals surface area contributed by atoms with Crippen LogP contribution in [-0.2, 0) is 6.54 Å². The lowest BCUT2D eigenvalue weighted by atomic mass is 9.83. The van der Waals surface area contributed by atoms with Gasteiger partial charge < -0.3 is 24.8 Å². The summed E-state index contributed by atoms with van der Waals surface area (Å²) in [5, 5.41) is 5.90. The van der Waals surface area contributed by atoms with Gasteiger partial charge in [0.1, 0.15) is 11.6 Å². The summed E-state index contributed by atoms with van der Waals surface area (Å²) in [6, 6.07) is 23.2. The highest BCUT2D eigenvalue weighted by atomic mass is 16.5. The number of methoxy groups -OCH3 is 1. The number of hydrogen-bond acceptors (Lipinski definition) is 6. The van der Waals surface area contributed by atoms with E-state index < -0.39 is 0 Å². The molecule has 1 saturated heterocycles. The molecule has 2 aliphatic heterocycles. The van der Waals surface area contributed by atoms with Crippen LogP contribution in [-0.4, -0.2) is 41.6 Å². The fourth-order valence-corrected chi connectivity index (χ4v) is 5.88. The van der Waals surface area contributed by atoms with Crippen LogP contribution in [0.5, 0.6) is 5.75 Å². The van der Waals surface area contributed by atoms with Gasteiger partial charge >= 0.3 is 0 Å². The molecule has 0 radical (unpaired) electrons. The maximum absolute atomic E-state index is 13.3. The molecule has 2 aromatic heterocycles. The molecule has 2 unspecified atom stereocenters. The van der Waals surface area contributed by atoms with Crippen LogP contribution in [0.4, 0.5) is 17.2 Å². The molecule has 2 N–H and O–H groups in total. The quantitative estimate of drug-likeness (QED) is 0.362. The van der Waals surface area contributed by atoms with Crippen LogP contribution in [0.2, 0.25) is 0 Å².